The maximum absolute atomic E-state index is 4.63. The van der Waals surface area contributed by atoms with Gasteiger partial charge >= 0.3 is 0 Å². The molecule has 3 unspecified atom stereocenters. The van der Waals surface area contributed by atoms with Crippen LogP contribution in [0.25, 0.3) is 0 Å². The van der Waals surface area contributed by atoms with E-state index in [2.05, 4.69) is 31.1 Å². The van der Waals surface area contributed by atoms with Gasteiger partial charge in [0.15, 0.2) is 5.17 Å². The first-order valence-electron chi connectivity index (χ1n) is 6.69. The first kappa shape index (κ1) is 12.3. The number of nitrogens with zero attached hydrogens (tertiary/aromatic N) is 1. The molecule has 1 saturated carbocycles. The quantitative estimate of drug-likeness (QED) is 0.798. The molecule has 1 aliphatic carbocycles. The van der Waals surface area contributed by atoms with Crippen LogP contribution in [0, 0.1) is 17.8 Å². The first-order chi connectivity index (χ1) is 7.74. The molecule has 1 heterocycles. The van der Waals surface area contributed by atoms with Crippen LogP contribution in [-0.4, -0.2) is 23.5 Å². The third-order valence-corrected chi connectivity index (χ3v) is 5.38. The van der Waals surface area contributed by atoms with Gasteiger partial charge in [0.1, 0.15) is 0 Å². The van der Waals surface area contributed by atoms with Crippen LogP contribution in [0.5, 0.6) is 0 Å². The summed E-state index contributed by atoms with van der Waals surface area (Å²) in [5, 5.41) is 5.46. The van der Waals surface area contributed by atoms with Gasteiger partial charge in [-0.2, -0.15) is 0 Å². The molecule has 0 spiro atoms. The number of hydrogen-bond donors (Lipinski definition) is 1. The molecule has 0 aromatic rings. The third kappa shape index (κ3) is 2.93. The van der Waals surface area contributed by atoms with Gasteiger partial charge in [-0.15, -0.1) is 0 Å². The minimum absolute atomic E-state index is 0.731. The molecule has 3 atom stereocenters. The molecule has 2 aliphatic rings. The summed E-state index contributed by atoms with van der Waals surface area (Å²) in [5.41, 5.74) is 0. The second-order valence-electron chi connectivity index (χ2n) is 5.23. The molecular formula is C13H24N2S. The van der Waals surface area contributed by atoms with E-state index in [9.17, 15) is 0 Å². The van der Waals surface area contributed by atoms with Gasteiger partial charge in [-0.25, -0.2) is 0 Å². The molecule has 1 fully saturated rings. The summed E-state index contributed by atoms with van der Waals surface area (Å²) in [6, 6.07) is 0. The van der Waals surface area contributed by atoms with Gasteiger partial charge in [0.05, 0.1) is 6.54 Å². The minimum Gasteiger partial charge on any atom is -0.365 e. The van der Waals surface area contributed by atoms with E-state index in [1.807, 2.05) is 11.8 Å². The molecule has 92 valence electrons. The lowest BCUT2D eigenvalue weighted by atomic mass is 9.99. The van der Waals surface area contributed by atoms with E-state index in [1.165, 1.54) is 24.4 Å². The topological polar surface area (TPSA) is 24.4 Å². The second-order valence-corrected chi connectivity index (χ2v) is 6.46. The number of hydrogen-bond acceptors (Lipinski definition) is 3. The van der Waals surface area contributed by atoms with Crippen molar-refractivity contribution >= 4 is 16.9 Å². The SMILES string of the molecule is CCC(CC)C1CN=C(NCC2CC2C)S1. The van der Waals surface area contributed by atoms with Crippen molar-refractivity contribution in [1.29, 1.82) is 0 Å². The standard InChI is InChI=1S/C13H24N2S/c1-4-10(5-2)12-8-15-13(16-12)14-7-11-6-9(11)3/h9-12H,4-8H2,1-3H3,(H,14,15). The number of aliphatic imine (C=N–C) groups is 1. The molecule has 0 aromatic carbocycles. The van der Waals surface area contributed by atoms with Gasteiger partial charge < -0.3 is 5.32 Å². The number of nitrogens with one attached hydrogen (secondary N) is 1. The van der Waals surface area contributed by atoms with Crippen molar-refractivity contribution in [3.05, 3.63) is 0 Å². The van der Waals surface area contributed by atoms with Gasteiger partial charge in [-0.1, -0.05) is 45.4 Å². The Bertz CT molecular complexity index is 261. The largest absolute Gasteiger partial charge is 0.365 e. The van der Waals surface area contributed by atoms with Crippen molar-refractivity contribution in [2.45, 2.75) is 45.3 Å². The maximum Gasteiger partial charge on any atom is 0.156 e. The van der Waals surface area contributed by atoms with Crippen molar-refractivity contribution in [2.75, 3.05) is 13.1 Å². The van der Waals surface area contributed by atoms with Crippen molar-refractivity contribution in [3.63, 3.8) is 0 Å². The molecule has 0 amide bonds. The highest BCUT2D eigenvalue weighted by atomic mass is 32.2. The Balaban J connectivity index is 1.69. The van der Waals surface area contributed by atoms with Crippen LogP contribution in [0.15, 0.2) is 4.99 Å². The molecule has 0 aromatic heterocycles. The highest BCUT2D eigenvalue weighted by Crippen LogP contribution is 2.37. The number of thioether (sulfide) groups is 1. The summed E-state index contributed by atoms with van der Waals surface area (Å²) in [6.45, 7) is 9.10. The van der Waals surface area contributed by atoms with Crippen LogP contribution in [-0.2, 0) is 0 Å². The van der Waals surface area contributed by atoms with Gasteiger partial charge in [0.25, 0.3) is 0 Å². The summed E-state index contributed by atoms with van der Waals surface area (Å²) < 4.78 is 0. The van der Waals surface area contributed by atoms with Crippen molar-refractivity contribution in [1.82, 2.24) is 5.32 Å². The molecule has 0 radical (unpaired) electrons. The summed E-state index contributed by atoms with van der Waals surface area (Å²) in [4.78, 5) is 4.63. The van der Waals surface area contributed by atoms with E-state index in [1.54, 1.807) is 0 Å². The summed E-state index contributed by atoms with van der Waals surface area (Å²) in [5.74, 6) is 2.69. The zero-order valence-corrected chi connectivity index (χ0v) is 11.5. The van der Waals surface area contributed by atoms with E-state index in [4.69, 9.17) is 0 Å². The van der Waals surface area contributed by atoms with Crippen LogP contribution in [0.2, 0.25) is 0 Å². The van der Waals surface area contributed by atoms with E-state index in [0.29, 0.717) is 0 Å². The lowest BCUT2D eigenvalue weighted by Gasteiger charge is -2.18. The molecule has 2 nitrogen and oxygen atoms in total. The average Bonchev–Trinajstić information content (AvgIpc) is 2.79. The summed E-state index contributed by atoms with van der Waals surface area (Å²) >= 11 is 1.98. The van der Waals surface area contributed by atoms with Crippen molar-refractivity contribution in [3.8, 4) is 0 Å². The Morgan fingerprint density at radius 1 is 1.44 bits per heavy atom. The highest BCUT2D eigenvalue weighted by Gasteiger charge is 2.33. The van der Waals surface area contributed by atoms with Crippen LogP contribution in [0.1, 0.15) is 40.0 Å². The van der Waals surface area contributed by atoms with Crippen molar-refractivity contribution in [2.24, 2.45) is 22.7 Å². The Kier molecular flexibility index (Phi) is 4.17. The van der Waals surface area contributed by atoms with E-state index < -0.39 is 0 Å². The predicted octanol–water partition coefficient (Wildman–Crippen LogP) is 3.14. The van der Waals surface area contributed by atoms with Gasteiger partial charge in [-0.3, -0.25) is 4.99 Å². The Morgan fingerprint density at radius 2 is 2.12 bits per heavy atom. The smallest absolute Gasteiger partial charge is 0.156 e. The van der Waals surface area contributed by atoms with Crippen LogP contribution in [0.3, 0.4) is 0 Å². The minimum atomic E-state index is 0.731. The van der Waals surface area contributed by atoms with Gasteiger partial charge in [-0.05, 0) is 24.2 Å². The fourth-order valence-electron chi connectivity index (χ4n) is 2.45. The molecule has 0 bridgehead atoms. The lowest BCUT2D eigenvalue weighted by Crippen LogP contribution is -2.23. The second kappa shape index (κ2) is 5.44. The van der Waals surface area contributed by atoms with Crippen LogP contribution >= 0.6 is 11.8 Å². The van der Waals surface area contributed by atoms with E-state index >= 15 is 0 Å². The summed E-state index contributed by atoms with van der Waals surface area (Å²) in [7, 11) is 0. The third-order valence-electron chi connectivity index (χ3n) is 4.04. The normalized spacial score (nSPS) is 33.0. The molecule has 3 heteroatoms. The molecule has 2 rings (SSSR count). The zero-order valence-electron chi connectivity index (χ0n) is 10.7. The maximum atomic E-state index is 4.63. The Morgan fingerprint density at radius 3 is 2.69 bits per heavy atom. The predicted molar refractivity (Wildman–Crippen MR) is 73.0 cm³/mol. The fraction of sp³-hybridized carbons (Fsp3) is 0.923. The Hall–Kier alpha value is -0.180. The fourth-order valence-corrected chi connectivity index (χ4v) is 3.78. The lowest BCUT2D eigenvalue weighted by molar-refractivity contribution is 0.479. The molecule has 16 heavy (non-hydrogen) atoms. The number of amidine groups is 1. The Labute approximate surface area is 104 Å². The van der Waals surface area contributed by atoms with E-state index in [-0.39, 0.29) is 0 Å². The molecule has 1 aliphatic heterocycles. The zero-order chi connectivity index (χ0) is 11.5. The van der Waals surface area contributed by atoms with Crippen molar-refractivity contribution < 1.29 is 0 Å². The van der Waals surface area contributed by atoms with Crippen LogP contribution < -0.4 is 5.32 Å². The van der Waals surface area contributed by atoms with Gasteiger partial charge in [0, 0.05) is 11.8 Å². The average molecular weight is 240 g/mol. The van der Waals surface area contributed by atoms with Gasteiger partial charge in [0.2, 0.25) is 0 Å². The first-order valence-corrected chi connectivity index (χ1v) is 7.57. The summed E-state index contributed by atoms with van der Waals surface area (Å²) in [6.07, 6.45) is 3.98. The highest BCUT2D eigenvalue weighted by molar-refractivity contribution is 8.14. The molecule has 1 N–H and O–H groups in total. The number of rotatable bonds is 5. The molecule has 0 saturated heterocycles. The molecular weight excluding hydrogens is 216 g/mol. The monoisotopic (exact) mass is 240 g/mol. The van der Waals surface area contributed by atoms with Crippen LogP contribution in [0.4, 0.5) is 0 Å². The van der Waals surface area contributed by atoms with E-state index in [0.717, 1.165) is 36.1 Å².